The van der Waals surface area contributed by atoms with E-state index in [0.29, 0.717) is 6.61 Å². The van der Waals surface area contributed by atoms with E-state index in [9.17, 15) is 0 Å². The highest BCUT2D eigenvalue weighted by molar-refractivity contribution is 5.96. The quantitative estimate of drug-likeness (QED) is 0.620. The number of ether oxygens (including phenoxy) is 1. The maximum absolute atomic E-state index is 5.52. The molecule has 0 aromatic heterocycles. The summed E-state index contributed by atoms with van der Waals surface area (Å²) in [5.74, 6) is 0.723. The molecule has 0 bridgehead atoms. The molecule has 1 atom stereocenters. The summed E-state index contributed by atoms with van der Waals surface area (Å²) in [6, 6.07) is 8.08. The topological polar surface area (TPSA) is 21.6 Å². The van der Waals surface area contributed by atoms with Crippen LogP contribution in [0.4, 0.5) is 0 Å². The first kappa shape index (κ1) is 9.13. The van der Waals surface area contributed by atoms with Crippen molar-refractivity contribution in [2.45, 2.75) is 19.4 Å². The molecule has 0 N–H and O–H groups in total. The van der Waals surface area contributed by atoms with Crippen LogP contribution >= 0.6 is 0 Å². The molecule has 0 fully saturated rings. The third kappa shape index (κ3) is 1.60. The van der Waals surface area contributed by atoms with Crippen molar-refractivity contribution in [3.63, 3.8) is 0 Å². The minimum atomic E-state index is -0.322. The minimum absolute atomic E-state index is 0.322. The zero-order chi connectivity index (χ0) is 10.2. The molecule has 1 aromatic rings. The maximum atomic E-state index is 5.52. The predicted octanol–water partition coefficient (Wildman–Crippen LogP) is 2.36. The van der Waals surface area contributed by atoms with Gasteiger partial charge in [0.1, 0.15) is 0 Å². The second-order valence-electron chi connectivity index (χ2n) is 4.02. The lowest BCUT2D eigenvalue weighted by Gasteiger charge is -2.03. The summed E-state index contributed by atoms with van der Waals surface area (Å²) < 4.78 is 5.52. The third-order valence-corrected chi connectivity index (χ3v) is 2.27. The van der Waals surface area contributed by atoms with E-state index in [1.54, 1.807) is 0 Å². The van der Waals surface area contributed by atoms with Gasteiger partial charge < -0.3 is 4.74 Å². The number of aryl methyl sites for hydroxylation is 1. The van der Waals surface area contributed by atoms with Crippen LogP contribution in [0.2, 0.25) is 0 Å². The van der Waals surface area contributed by atoms with Crippen LogP contribution in [-0.2, 0) is 4.74 Å². The van der Waals surface area contributed by atoms with Gasteiger partial charge in [-0.05, 0) is 18.6 Å². The molecule has 14 heavy (non-hydrogen) atoms. The van der Waals surface area contributed by atoms with Gasteiger partial charge in [0.15, 0.2) is 6.61 Å². The molecule has 0 amide bonds. The largest absolute Gasteiger partial charge is 0.470 e. The van der Waals surface area contributed by atoms with Crippen LogP contribution in [0, 0.1) is 13.8 Å². The molecular formula is C12H14NO+. The van der Waals surface area contributed by atoms with Crippen molar-refractivity contribution in [1.82, 2.24) is 0 Å². The summed E-state index contributed by atoms with van der Waals surface area (Å²) >= 11 is 0. The molecule has 1 unspecified atom stereocenters. The van der Waals surface area contributed by atoms with Gasteiger partial charge in [0.05, 0.1) is 6.92 Å². The number of hydrogen-bond donors (Lipinski definition) is 0. The van der Waals surface area contributed by atoms with Gasteiger partial charge in [-0.15, -0.1) is 0 Å². The van der Waals surface area contributed by atoms with Crippen LogP contribution < -0.4 is 0 Å². The highest BCUT2D eigenvalue weighted by atomic mass is 16.5. The molecule has 0 saturated carbocycles. The molecule has 2 rings (SSSR count). The Bertz CT molecular complexity index is 380. The summed E-state index contributed by atoms with van der Waals surface area (Å²) in [5.41, 5.74) is 1.93. The van der Waals surface area contributed by atoms with E-state index in [0.717, 1.165) is 11.5 Å². The van der Waals surface area contributed by atoms with Crippen molar-refractivity contribution in [3.8, 4) is 0 Å². The first-order valence-electron chi connectivity index (χ1n) is 4.72. The maximum Gasteiger partial charge on any atom is 0.229 e. The van der Waals surface area contributed by atoms with Crippen LogP contribution in [-0.4, -0.2) is 18.0 Å². The molecule has 0 radical (unpaired) electrons. The molecule has 2 nitrogen and oxygen atoms in total. The van der Waals surface area contributed by atoms with E-state index in [1.807, 2.05) is 25.1 Å². The lowest BCUT2D eigenvalue weighted by molar-refractivity contribution is 0.293. The SMILES string of the molecule is [CH2+]C1(C)COC(c2ccccc2C)=N1. The Morgan fingerprint density at radius 2 is 2.14 bits per heavy atom. The van der Waals surface area contributed by atoms with Crippen LogP contribution in [0.25, 0.3) is 0 Å². The number of rotatable bonds is 1. The van der Waals surface area contributed by atoms with Crippen LogP contribution in [0.1, 0.15) is 18.1 Å². The number of aliphatic imine (C=N–C) groups is 1. The highest BCUT2D eigenvalue weighted by Gasteiger charge is 2.33. The Morgan fingerprint density at radius 1 is 1.43 bits per heavy atom. The number of benzene rings is 1. The molecule has 1 aliphatic rings. The van der Waals surface area contributed by atoms with Gasteiger partial charge in [0.2, 0.25) is 11.4 Å². The first-order chi connectivity index (χ1) is 6.58. The van der Waals surface area contributed by atoms with Gasteiger partial charge in [-0.25, -0.2) is 0 Å². The average molecular weight is 188 g/mol. The predicted molar refractivity (Wildman–Crippen MR) is 57.4 cm³/mol. The molecule has 1 heterocycles. The van der Waals surface area contributed by atoms with Gasteiger partial charge in [0.25, 0.3) is 0 Å². The third-order valence-electron chi connectivity index (χ3n) is 2.27. The zero-order valence-corrected chi connectivity index (χ0v) is 8.58. The molecule has 0 aliphatic carbocycles. The van der Waals surface area contributed by atoms with E-state index in [4.69, 9.17) is 4.74 Å². The summed E-state index contributed by atoms with van der Waals surface area (Å²) in [6.07, 6.45) is 0. The zero-order valence-electron chi connectivity index (χ0n) is 8.58. The van der Waals surface area contributed by atoms with E-state index in [2.05, 4.69) is 24.9 Å². The fraction of sp³-hybridized carbons (Fsp3) is 0.333. The fourth-order valence-corrected chi connectivity index (χ4v) is 1.48. The van der Waals surface area contributed by atoms with Crippen molar-refractivity contribution in [3.05, 3.63) is 42.3 Å². The van der Waals surface area contributed by atoms with Crippen LogP contribution in [0.5, 0.6) is 0 Å². The lowest BCUT2D eigenvalue weighted by Crippen LogP contribution is -2.17. The molecule has 72 valence electrons. The minimum Gasteiger partial charge on any atom is -0.470 e. The Hall–Kier alpha value is -1.44. The number of hydrogen-bond acceptors (Lipinski definition) is 2. The normalized spacial score (nSPS) is 25.7. The van der Waals surface area contributed by atoms with Crippen molar-refractivity contribution in [2.24, 2.45) is 4.99 Å². The van der Waals surface area contributed by atoms with E-state index < -0.39 is 0 Å². The molecule has 0 spiro atoms. The standard InChI is InChI=1S/C12H14NO/c1-9-6-4-5-7-10(9)11-13-12(2,3)8-14-11/h4-7H,2,8H2,1,3H3/q+1. The van der Waals surface area contributed by atoms with Gasteiger partial charge >= 0.3 is 0 Å². The summed E-state index contributed by atoms with van der Waals surface area (Å²) in [5, 5.41) is 0. The van der Waals surface area contributed by atoms with Gasteiger partial charge in [-0.2, -0.15) is 4.99 Å². The summed E-state index contributed by atoms with van der Waals surface area (Å²) in [4.78, 5) is 4.43. The van der Waals surface area contributed by atoms with Crippen LogP contribution in [0.15, 0.2) is 29.3 Å². The monoisotopic (exact) mass is 188 g/mol. The Balaban J connectivity index is 2.38. The average Bonchev–Trinajstić information content (AvgIpc) is 2.47. The number of nitrogens with zero attached hydrogens (tertiary/aromatic N) is 1. The van der Waals surface area contributed by atoms with Crippen molar-refractivity contribution in [2.75, 3.05) is 6.61 Å². The fourth-order valence-electron chi connectivity index (χ4n) is 1.48. The second kappa shape index (κ2) is 3.05. The van der Waals surface area contributed by atoms with E-state index >= 15 is 0 Å². The highest BCUT2D eigenvalue weighted by Crippen LogP contribution is 2.21. The van der Waals surface area contributed by atoms with Gasteiger partial charge in [-0.1, -0.05) is 18.2 Å². The molecule has 2 heteroatoms. The Kier molecular flexibility index (Phi) is 1.99. The van der Waals surface area contributed by atoms with Crippen molar-refractivity contribution < 1.29 is 4.74 Å². The second-order valence-corrected chi connectivity index (χ2v) is 4.02. The lowest BCUT2D eigenvalue weighted by atomic mass is 10.1. The molecule has 1 aliphatic heterocycles. The van der Waals surface area contributed by atoms with E-state index in [-0.39, 0.29) is 5.54 Å². The smallest absolute Gasteiger partial charge is 0.229 e. The van der Waals surface area contributed by atoms with E-state index in [1.165, 1.54) is 5.56 Å². The Morgan fingerprint density at radius 3 is 2.71 bits per heavy atom. The molecular weight excluding hydrogens is 174 g/mol. The van der Waals surface area contributed by atoms with Crippen LogP contribution in [0.3, 0.4) is 0 Å². The molecule has 0 saturated heterocycles. The Labute approximate surface area is 84.6 Å². The summed E-state index contributed by atoms with van der Waals surface area (Å²) in [7, 11) is 0. The first-order valence-corrected chi connectivity index (χ1v) is 4.72. The summed E-state index contributed by atoms with van der Waals surface area (Å²) in [6.45, 7) is 8.55. The van der Waals surface area contributed by atoms with Crippen molar-refractivity contribution >= 4 is 5.90 Å². The molecule has 1 aromatic carbocycles. The van der Waals surface area contributed by atoms with Gasteiger partial charge in [-0.3, -0.25) is 0 Å². The van der Waals surface area contributed by atoms with Gasteiger partial charge in [0, 0.05) is 12.5 Å². The van der Waals surface area contributed by atoms with Crippen molar-refractivity contribution in [1.29, 1.82) is 0 Å².